The molecule has 0 atom stereocenters. The Hall–Kier alpha value is -2.88. The van der Waals surface area contributed by atoms with Gasteiger partial charge in [0.25, 0.3) is 5.91 Å². The second-order valence-corrected chi connectivity index (χ2v) is 7.11. The summed E-state index contributed by atoms with van der Waals surface area (Å²) in [7, 11) is 1.65. The SMILES string of the molecule is COc1ccc(-c2cc(C(=O)NC3CCCCC3)c3ccccc3n2)cc1. The number of nitrogens with zero attached hydrogens (tertiary/aromatic N) is 1. The number of carbonyl (C=O) groups is 1. The largest absolute Gasteiger partial charge is 0.497 e. The molecule has 1 N–H and O–H groups in total. The minimum Gasteiger partial charge on any atom is -0.497 e. The van der Waals surface area contributed by atoms with Crippen molar-refractivity contribution in [1.82, 2.24) is 10.3 Å². The molecule has 3 aromatic rings. The Morgan fingerprint density at radius 3 is 2.52 bits per heavy atom. The van der Waals surface area contributed by atoms with Crippen LogP contribution in [-0.2, 0) is 0 Å². The van der Waals surface area contributed by atoms with E-state index in [0.717, 1.165) is 40.8 Å². The molecule has 27 heavy (non-hydrogen) atoms. The third kappa shape index (κ3) is 3.80. The van der Waals surface area contributed by atoms with Gasteiger partial charge in [-0.05, 0) is 49.2 Å². The first-order valence-electron chi connectivity index (χ1n) is 9.59. The van der Waals surface area contributed by atoms with E-state index < -0.39 is 0 Å². The van der Waals surface area contributed by atoms with Gasteiger partial charge in [0, 0.05) is 17.0 Å². The molecule has 138 valence electrons. The highest BCUT2D eigenvalue weighted by Crippen LogP contribution is 2.27. The zero-order chi connectivity index (χ0) is 18.6. The molecule has 0 spiro atoms. The van der Waals surface area contributed by atoms with Crippen LogP contribution in [0.4, 0.5) is 0 Å². The molecule has 4 rings (SSSR count). The lowest BCUT2D eigenvalue weighted by atomic mass is 9.95. The Bertz CT molecular complexity index is 944. The highest BCUT2D eigenvalue weighted by atomic mass is 16.5. The van der Waals surface area contributed by atoms with Gasteiger partial charge in [0.2, 0.25) is 0 Å². The monoisotopic (exact) mass is 360 g/mol. The maximum Gasteiger partial charge on any atom is 0.252 e. The van der Waals surface area contributed by atoms with Crippen molar-refractivity contribution >= 4 is 16.8 Å². The molecule has 1 heterocycles. The van der Waals surface area contributed by atoms with Crippen LogP contribution >= 0.6 is 0 Å². The summed E-state index contributed by atoms with van der Waals surface area (Å²) in [6, 6.07) is 17.8. The van der Waals surface area contributed by atoms with Crippen molar-refractivity contribution in [3.05, 3.63) is 60.2 Å². The first kappa shape index (κ1) is 17.5. The number of nitrogens with one attached hydrogen (secondary N) is 1. The fourth-order valence-electron chi connectivity index (χ4n) is 3.78. The topological polar surface area (TPSA) is 51.2 Å². The molecule has 1 aliphatic carbocycles. The van der Waals surface area contributed by atoms with E-state index in [2.05, 4.69) is 5.32 Å². The molecule has 0 saturated heterocycles. The number of para-hydroxylation sites is 1. The van der Waals surface area contributed by atoms with Crippen molar-refractivity contribution in [3.8, 4) is 17.0 Å². The molecular weight excluding hydrogens is 336 g/mol. The first-order valence-corrected chi connectivity index (χ1v) is 9.59. The van der Waals surface area contributed by atoms with E-state index in [4.69, 9.17) is 9.72 Å². The number of fused-ring (bicyclic) bond motifs is 1. The summed E-state index contributed by atoms with van der Waals surface area (Å²) in [5.41, 5.74) is 3.29. The molecule has 1 amide bonds. The fourth-order valence-corrected chi connectivity index (χ4v) is 3.78. The van der Waals surface area contributed by atoms with E-state index >= 15 is 0 Å². The van der Waals surface area contributed by atoms with Crippen molar-refractivity contribution < 1.29 is 9.53 Å². The van der Waals surface area contributed by atoms with Gasteiger partial charge in [-0.3, -0.25) is 4.79 Å². The van der Waals surface area contributed by atoms with Crippen LogP contribution in [0.15, 0.2) is 54.6 Å². The minimum absolute atomic E-state index is 0.00439. The Morgan fingerprint density at radius 1 is 1.04 bits per heavy atom. The zero-order valence-corrected chi connectivity index (χ0v) is 15.6. The second kappa shape index (κ2) is 7.78. The zero-order valence-electron chi connectivity index (χ0n) is 15.6. The van der Waals surface area contributed by atoms with Gasteiger partial charge in [-0.25, -0.2) is 4.98 Å². The van der Waals surface area contributed by atoms with Crippen LogP contribution in [0.1, 0.15) is 42.5 Å². The highest BCUT2D eigenvalue weighted by Gasteiger charge is 2.19. The van der Waals surface area contributed by atoms with E-state index in [1.165, 1.54) is 19.3 Å². The lowest BCUT2D eigenvalue weighted by Crippen LogP contribution is -2.36. The summed E-state index contributed by atoms with van der Waals surface area (Å²) >= 11 is 0. The molecule has 4 nitrogen and oxygen atoms in total. The molecule has 1 aromatic heterocycles. The summed E-state index contributed by atoms with van der Waals surface area (Å²) in [5, 5.41) is 4.13. The third-order valence-corrected chi connectivity index (χ3v) is 5.29. The molecule has 1 saturated carbocycles. The summed E-state index contributed by atoms with van der Waals surface area (Å²) in [6.07, 6.45) is 5.80. The molecule has 4 heteroatoms. The number of hydrogen-bond donors (Lipinski definition) is 1. The maximum atomic E-state index is 13.1. The van der Waals surface area contributed by atoms with Gasteiger partial charge in [-0.1, -0.05) is 37.5 Å². The number of pyridine rings is 1. The molecule has 1 fully saturated rings. The highest BCUT2D eigenvalue weighted by molar-refractivity contribution is 6.07. The normalized spacial score (nSPS) is 14.9. The number of carbonyl (C=O) groups excluding carboxylic acids is 1. The van der Waals surface area contributed by atoms with E-state index in [-0.39, 0.29) is 11.9 Å². The van der Waals surface area contributed by atoms with E-state index in [0.29, 0.717) is 5.56 Å². The summed E-state index contributed by atoms with van der Waals surface area (Å²) in [4.78, 5) is 17.8. The predicted molar refractivity (Wildman–Crippen MR) is 108 cm³/mol. The van der Waals surface area contributed by atoms with Crippen LogP contribution in [-0.4, -0.2) is 24.0 Å². The molecule has 0 unspecified atom stereocenters. The third-order valence-electron chi connectivity index (χ3n) is 5.29. The van der Waals surface area contributed by atoms with Gasteiger partial charge in [0.1, 0.15) is 5.75 Å². The quantitative estimate of drug-likeness (QED) is 0.714. The summed E-state index contributed by atoms with van der Waals surface area (Å²) in [5.74, 6) is 0.796. The maximum absolute atomic E-state index is 13.1. The van der Waals surface area contributed by atoms with Crippen LogP contribution in [0.5, 0.6) is 5.75 Å². The number of amides is 1. The van der Waals surface area contributed by atoms with E-state index in [1.807, 2.05) is 54.6 Å². The average molecular weight is 360 g/mol. The number of ether oxygens (including phenoxy) is 1. The molecule has 0 aliphatic heterocycles. The first-order chi connectivity index (χ1) is 13.2. The van der Waals surface area contributed by atoms with Crippen LogP contribution in [0.2, 0.25) is 0 Å². The minimum atomic E-state index is -0.00439. The Balaban J connectivity index is 1.72. The molecule has 1 aliphatic rings. The number of hydrogen-bond acceptors (Lipinski definition) is 3. The summed E-state index contributed by atoms with van der Waals surface area (Å²) < 4.78 is 5.24. The number of aromatic nitrogens is 1. The summed E-state index contributed by atoms with van der Waals surface area (Å²) in [6.45, 7) is 0. The Kier molecular flexibility index (Phi) is 5.05. The standard InChI is InChI=1S/C23H24N2O2/c1-27-18-13-11-16(12-14-18)22-15-20(19-9-5-6-10-21(19)25-22)23(26)24-17-7-3-2-4-8-17/h5-6,9-15,17H,2-4,7-8H2,1H3,(H,24,26). The van der Waals surface area contributed by atoms with Crippen LogP contribution < -0.4 is 10.1 Å². The van der Waals surface area contributed by atoms with Gasteiger partial charge in [0.15, 0.2) is 0 Å². The Labute approximate surface area is 159 Å². The van der Waals surface area contributed by atoms with Gasteiger partial charge < -0.3 is 10.1 Å². The van der Waals surface area contributed by atoms with Crippen molar-refractivity contribution in [3.63, 3.8) is 0 Å². The number of rotatable bonds is 4. The Morgan fingerprint density at radius 2 is 1.78 bits per heavy atom. The van der Waals surface area contributed by atoms with Crippen LogP contribution in [0, 0.1) is 0 Å². The molecule has 0 radical (unpaired) electrons. The van der Waals surface area contributed by atoms with Crippen molar-refractivity contribution in [2.24, 2.45) is 0 Å². The van der Waals surface area contributed by atoms with Crippen LogP contribution in [0.25, 0.3) is 22.2 Å². The molecule has 0 bridgehead atoms. The number of benzene rings is 2. The van der Waals surface area contributed by atoms with Gasteiger partial charge in [0.05, 0.1) is 23.9 Å². The molecule has 2 aromatic carbocycles. The van der Waals surface area contributed by atoms with Gasteiger partial charge >= 0.3 is 0 Å². The van der Waals surface area contributed by atoms with E-state index in [1.54, 1.807) is 7.11 Å². The van der Waals surface area contributed by atoms with Crippen molar-refractivity contribution in [2.45, 2.75) is 38.1 Å². The van der Waals surface area contributed by atoms with Gasteiger partial charge in [-0.2, -0.15) is 0 Å². The fraction of sp³-hybridized carbons (Fsp3) is 0.304. The average Bonchev–Trinajstić information content (AvgIpc) is 2.73. The lowest BCUT2D eigenvalue weighted by molar-refractivity contribution is 0.0929. The predicted octanol–water partition coefficient (Wildman–Crippen LogP) is 4.97. The smallest absolute Gasteiger partial charge is 0.252 e. The second-order valence-electron chi connectivity index (χ2n) is 7.11. The van der Waals surface area contributed by atoms with Gasteiger partial charge in [-0.15, -0.1) is 0 Å². The van der Waals surface area contributed by atoms with Crippen molar-refractivity contribution in [1.29, 1.82) is 0 Å². The lowest BCUT2D eigenvalue weighted by Gasteiger charge is -2.23. The number of methoxy groups -OCH3 is 1. The van der Waals surface area contributed by atoms with Crippen LogP contribution in [0.3, 0.4) is 0 Å². The van der Waals surface area contributed by atoms with E-state index in [9.17, 15) is 4.79 Å². The molecular formula is C23H24N2O2. The van der Waals surface area contributed by atoms with Crippen molar-refractivity contribution in [2.75, 3.05) is 7.11 Å².